The molecule has 34 heavy (non-hydrogen) atoms. The van der Waals surface area contributed by atoms with E-state index in [1.807, 2.05) is 18.2 Å². The van der Waals surface area contributed by atoms with Gasteiger partial charge in [-0.05, 0) is 56.6 Å². The van der Waals surface area contributed by atoms with Crippen LogP contribution in [0, 0.1) is 0 Å². The van der Waals surface area contributed by atoms with E-state index in [1.165, 1.54) is 6.08 Å². The van der Waals surface area contributed by atoms with Gasteiger partial charge in [0.25, 0.3) is 5.91 Å². The molecule has 2 heterocycles. The molecular weight excluding hydrogens is 428 g/mol. The normalized spacial score (nSPS) is 11.4. The molecule has 0 saturated carbocycles. The summed E-state index contributed by atoms with van der Waals surface area (Å²) in [5.41, 5.74) is 3.12. The van der Waals surface area contributed by atoms with E-state index in [4.69, 9.17) is 4.42 Å². The summed E-state index contributed by atoms with van der Waals surface area (Å²) in [6.07, 6.45) is 6.97. The standard InChI is InChI=1S/C27H28N4O3/c1-30(2)14-15-31-19-21(24-10-3-4-11-25(24)31)12-13-26(32)29-22-8-5-7-20(17-22)27(33)28-18-23-9-6-16-34-23/h3-13,16-17,19H,14-15,18H2,1-2H3,(H,28,33)(H,29,32)/b13-12+. The van der Waals surface area contributed by atoms with E-state index in [0.717, 1.165) is 29.6 Å². The Morgan fingerprint density at radius 2 is 1.91 bits per heavy atom. The molecule has 4 aromatic rings. The largest absolute Gasteiger partial charge is 0.467 e. The molecule has 0 saturated heterocycles. The summed E-state index contributed by atoms with van der Waals surface area (Å²) in [5, 5.41) is 6.73. The van der Waals surface area contributed by atoms with E-state index in [-0.39, 0.29) is 11.8 Å². The van der Waals surface area contributed by atoms with E-state index >= 15 is 0 Å². The van der Waals surface area contributed by atoms with Crippen molar-refractivity contribution in [3.8, 4) is 0 Å². The number of anilines is 1. The SMILES string of the molecule is CN(C)CCn1cc(/C=C/C(=O)Nc2cccc(C(=O)NCc3ccco3)c2)c2ccccc21. The predicted molar refractivity (Wildman–Crippen MR) is 134 cm³/mol. The van der Waals surface area contributed by atoms with Gasteiger partial charge in [0.15, 0.2) is 0 Å². The van der Waals surface area contributed by atoms with Gasteiger partial charge in [-0.3, -0.25) is 9.59 Å². The number of benzene rings is 2. The number of amides is 2. The summed E-state index contributed by atoms with van der Waals surface area (Å²) < 4.78 is 7.43. The Hall–Kier alpha value is -4.10. The smallest absolute Gasteiger partial charge is 0.251 e. The van der Waals surface area contributed by atoms with Crippen LogP contribution >= 0.6 is 0 Å². The average Bonchev–Trinajstić information content (AvgIpc) is 3.48. The van der Waals surface area contributed by atoms with Gasteiger partial charge in [-0.2, -0.15) is 0 Å². The second kappa shape index (κ2) is 10.7. The average molecular weight is 457 g/mol. The highest BCUT2D eigenvalue weighted by Crippen LogP contribution is 2.22. The monoisotopic (exact) mass is 456 g/mol. The minimum Gasteiger partial charge on any atom is -0.467 e. The van der Waals surface area contributed by atoms with Crippen molar-refractivity contribution >= 4 is 34.5 Å². The Bertz CT molecular complexity index is 1300. The highest BCUT2D eigenvalue weighted by molar-refractivity contribution is 6.04. The van der Waals surface area contributed by atoms with Crippen LogP contribution < -0.4 is 10.6 Å². The van der Waals surface area contributed by atoms with Crippen LogP contribution in [0.4, 0.5) is 5.69 Å². The number of nitrogens with one attached hydrogen (secondary N) is 2. The van der Waals surface area contributed by atoms with E-state index < -0.39 is 0 Å². The third-order valence-electron chi connectivity index (χ3n) is 5.42. The number of hydrogen-bond acceptors (Lipinski definition) is 4. The number of fused-ring (bicyclic) bond motifs is 1. The Morgan fingerprint density at radius 1 is 1.06 bits per heavy atom. The predicted octanol–water partition coefficient (Wildman–Crippen LogP) is 4.38. The van der Waals surface area contributed by atoms with Gasteiger partial charge < -0.3 is 24.5 Å². The van der Waals surface area contributed by atoms with Gasteiger partial charge in [0.1, 0.15) is 5.76 Å². The lowest BCUT2D eigenvalue weighted by Gasteiger charge is -2.10. The molecule has 4 rings (SSSR count). The zero-order chi connectivity index (χ0) is 23.9. The quantitative estimate of drug-likeness (QED) is 0.367. The number of nitrogens with zero attached hydrogens (tertiary/aromatic N) is 2. The molecule has 174 valence electrons. The molecule has 0 aliphatic carbocycles. The van der Waals surface area contributed by atoms with Crippen molar-refractivity contribution in [3.63, 3.8) is 0 Å². The van der Waals surface area contributed by atoms with E-state index in [0.29, 0.717) is 23.6 Å². The minimum absolute atomic E-state index is 0.242. The number of likely N-dealkylation sites (N-methyl/N-ethyl adjacent to an activating group) is 1. The van der Waals surface area contributed by atoms with Gasteiger partial charge in [-0.25, -0.2) is 0 Å². The highest BCUT2D eigenvalue weighted by atomic mass is 16.3. The molecule has 0 aliphatic rings. The maximum Gasteiger partial charge on any atom is 0.251 e. The summed E-state index contributed by atoms with van der Waals surface area (Å²) in [5.74, 6) is 0.165. The van der Waals surface area contributed by atoms with Crippen LogP contribution in [0.25, 0.3) is 17.0 Å². The Kier molecular flexibility index (Phi) is 7.25. The van der Waals surface area contributed by atoms with Crippen molar-refractivity contribution in [2.75, 3.05) is 26.0 Å². The van der Waals surface area contributed by atoms with Crippen LogP contribution in [0.5, 0.6) is 0 Å². The molecule has 7 nitrogen and oxygen atoms in total. The molecule has 0 unspecified atom stereocenters. The Labute approximate surface area is 198 Å². The lowest BCUT2D eigenvalue weighted by Crippen LogP contribution is -2.22. The Morgan fingerprint density at radius 3 is 2.71 bits per heavy atom. The highest BCUT2D eigenvalue weighted by Gasteiger charge is 2.09. The zero-order valence-electron chi connectivity index (χ0n) is 19.3. The first kappa shape index (κ1) is 23.1. The van der Waals surface area contributed by atoms with Crippen molar-refractivity contribution in [1.82, 2.24) is 14.8 Å². The maximum atomic E-state index is 12.6. The van der Waals surface area contributed by atoms with Crippen LogP contribution in [0.15, 0.2) is 83.6 Å². The summed E-state index contributed by atoms with van der Waals surface area (Å²) >= 11 is 0. The molecule has 0 fully saturated rings. The molecule has 0 atom stereocenters. The van der Waals surface area contributed by atoms with Crippen LogP contribution in [0.3, 0.4) is 0 Å². The van der Waals surface area contributed by atoms with Crippen LogP contribution in [-0.4, -0.2) is 41.9 Å². The zero-order valence-corrected chi connectivity index (χ0v) is 19.3. The number of carbonyl (C=O) groups is 2. The lowest BCUT2D eigenvalue weighted by atomic mass is 10.1. The fourth-order valence-corrected chi connectivity index (χ4v) is 3.67. The second-order valence-corrected chi connectivity index (χ2v) is 8.26. The first-order chi connectivity index (χ1) is 16.5. The molecule has 0 spiro atoms. The topological polar surface area (TPSA) is 79.5 Å². The van der Waals surface area contributed by atoms with Gasteiger partial charge in [0.05, 0.1) is 12.8 Å². The fourth-order valence-electron chi connectivity index (χ4n) is 3.67. The van der Waals surface area contributed by atoms with E-state index in [2.05, 4.69) is 52.5 Å². The number of furan rings is 1. The summed E-state index contributed by atoms with van der Waals surface area (Å²) in [7, 11) is 4.10. The number of para-hydroxylation sites is 1. The number of aromatic nitrogens is 1. The first-order valence-corrected chi connectivity index (χ1v) is 11.1. The third-order valence-corrected chi connectivity index (χ3v) is 5.42. The van der Waals surface area contributed by atoms with Gasteiger partial charge >= 0.3 is 0 Å². The van der Waals surface area contributed by atoms with Crippen molar-refractivity contribution in [1.29, 1.82) is 0 Å². The second-order valence-electron chi connectivity index (χ2n) is 8.26. The maximum absolute atomic E-state index is 12.6. The number of rotatable bonds is 9. The van der Waals surface area contributed by atoms with Gasteiger partial charge in [-0.1, -0.05) is 24.3 Å². The van der Waals surface area contributed by atoms with Gasteiger partial charge in [-0.15, -0.1) is 0 Å². The molecular formula is C27H28N4O3. The van der Waals surface area contributed by atoms with Crippen molar-refractivity contribution in [2.45, 2.75) is 13.1 Å². The van der Waals surface area contributed by atoms with Crippen molar-refractivity contribution in [3.05, 3.63) is 96.1 Å². The molecule has 2 amide bonds. The van der Waals surface area contributed by atoms with Crippen molar-refractivity contribution in [2.24, 2.45) is 0 Å². The van der Waals surface area contributed by atoms with E-state index in [1.54, 1.807) is 42.7 Å². The lowest BCUT2D eigenvalue weighted by molar-refractivity contribution is -0.111. The summed E-state index contributed by atoms with van der Waals surface area (Å²) in [6.45, 7) is 2.09. The van der Waals surface area contributed by atoms with Crippen LogP contribution in [-0.2, 0) is 17.9 Å². The molecule has 2 aromatic carbocycles. The molecule has 0 radical (unpaired) electrons. The molecule has 0 bridgehead atoms. The first-order valence-electron chi connectivity index (χ1n) is 11.1. The van der Waals surface area contributed by atoms with Crippen LogP contribution in [0.1, 0.15) is 21.7 Å². The van der Waals surface area contributed by atoms with E-state index in [9.17, 15) is 9.59 Å². The fraction of sp³-hybridized carbons (Fsp3) is 0.185. The summed E-state index contributed by atoms with van der Waals surface area (Å²) in [6, 6.07) is 18.6. The van der Waals surface area contributed by atoms with Gasteiger partial charge in [0.2, 0.25) is 5.91 Å². The minimum atomic E-state index is -0.265. The molecule has 2 aromatic heterocycles. The molecule has 0 aliphatic heterocycles. The van der Waals surface area contributed by atoms with Crippen molar-refractivity contribution < 1.29 is 14.0 Å². The van der Waals surface area contributed by atoms with Gasteiger partial charge in [0, 0.05) is 53.1 Å². The van der Waals surface area contributed by atoms with Crippen LogP contribution in [0.2, 0.25) is 0 Å². The third kappa shape index (κ3) is 5.82. The Balaban J connectivity index is 1.42. The number of carbonyl (C=O) groups excluding carboxylic acids is 2. The molecule has 7 heteroatoms. The number of hydrogen-bond donors (Lipinski definition) is 2. The summed E-state index contributed by atoms with van der Waals surface area (Å²) in [4.78, 5) is 27.1. The molecule has 2 N–H and O–H groups in total.